The third-order valence-electron chi connectivity index (χ3n) is 4.08. The number of esters is 1. The molecule has 0 spiro atoms. The number of hydrogen-bond donors (Lipinski definition) is 2. The molecule has 0 aliphatic heterocycles. The summed E-state index contributed by atoms with van der Waals surface area (Å²) in [4.78, 5) is 36.0. The van der Waals surface area contributed by atoms with Crippen LogP contribution in [-0.4, -0.2) is 30.5 Å². The first-order valence-electron chi connectivity index (χ1n) is 9.35. The highest BCUT2D eigenvalue weighted by molar-refractivity contribution is 9.10. The lowest BCUT2D eigenvalue weighted by molar-refractivity contribution is -0.120. The van der Waals surface area contributed by atoms with Gasteiger partial charge in [0.2, 0.25) is 0 Å². The monoisotopic (exact) mass is 513 g/mol. The van der Waals surface area contributed by atoms with Gasteiger partial charge in [-0.15, -0.1) is 0 Å². The number of amides is 2. The summed E-state index contributed by atoms with van der Waals surface area (Å²) in [5.41, 5.74) is 3.71. The second-order valence-electron chi connectivity index (χ2n) is 6.42. The number of benzene rings is 3. The zero-order valence-electron chi connectivity index (χ0n) is 16.5. The molecule has 0 heterocycles. The van der Waals surface area contributed by atoms with E-state index < -0.39 is 11.9 Å². The molecule has 0 bridgehead atoms. The maximum atomic E-state index is 12.2. The van der Waals surface area contributed by atoms with Gasteiger partial charge in [-0.2, -0.15) is 5.10 Å². The van der Waals surface area contributed by atoms with Crippen molar-refractivity contribution in [3.05, 3.63) is 99.0 Å². The number of carbonyl (C=O) groups excluding carboxylic acids is 3. The van der Waals surface area contributed by atoms with Gasteiger partial charge in [0.15, 0.2) is 0 Å². The van der Waals surface area contributed by atoms with Crippen LogP contribution < -0.4 is 15.5 Å². The van der Waals surface area contributed by atoms with Gasteiger partial charge in [0.05, 0.1) is 23.3 Å². The standard InChI is InChI=1S/C23H17BrClN3O4/c24-17-5-3-4-16(12-17)22(30)26-14-21(29)28-27-13-15-8-10-18(11-9-15)32-23(31)19-6-1-2-7-20(19)25/h1-13H,14H2,(H,26,30)(H,28,29)/b27-13-. The van der Waals surface area contributed by atoms with E-state index in [9.17, 15) is 14.4 Å². The summed E-state index contributed by atoms with van der Waals surface area (Å²) in [5, 5.41) is 6.67. The molecule has 0 radical (unpaired) electrons. The predicted octanol–water partition coefficient (Wildman–Crippen LogP) is 4.20. The van der Waals surface area contributed by atoms with Crippen molar-refractivity contribution >= 4 is 51.5 Å². The van der Waals surface area contributed by atoms with E-state index in [2.05, 4.69) is 31.8 Å². The second kappa shape index (κ2) is 11.2. The van der Waals surface area contributed by atoms with Crippen molar-refractivity contribution in [1.82, 2.24) is 10.7 Å². The third-order valence-corrected chi connectivity index (χ3v) is 4.91. The van der Waals surface area contributed by atoms with Gasteiger partial charge >= 0.3 is 5.97 Å². The fourth-order valence-electron chi connectivity index (χ4n) is 2.52. The average Bonchev–Trinajstić information content (AvgIpc) is 2.79. The normalized spacial score (nSPS) is 10.6. The van der Waals surface area contributed by atoms with E-state index in [0.717, 1.165) is 4.47 Å². The lowest BCUT2D eigenvalue weighted by atomic mass is 10.2. The van der Waals surface area contributed by atoms with Gasteiger partial charge in [0.1, 0.15) is 5.75 Å². The van der Waals surface area contributed by atoms with Crippen molar-refractivity contribution in [2.24, 2.45) is 5.10 Å². The van der Waals surface area contributed by atoms with Gasteiger partial charge in [-0.05, 0) is 60.2 Å². The number of nitrogens with one attached hydrogen (secondary N) is 2. The highest BCUT2D eigenvalue weighted by Crippen LogP contribution is 2.19. The molecule has 3 aromatic rings. The van der Waals surface area contributed by atoms with Crippen LogP contribution in [0.5, 0.6) is 5.75 Å². The Kier molecular flexibility index (Phi) is 8.13. The van der Waals surface area contributed by atoms with Crippen LogP contribution in [0.15, 0.2) is 82.4 Å². The van der Waals surface area contributed by atoms with Crippen molar-refractivity contribution in [1.29, 1.82) is 0 Å². The topological polar surface area (TPSA) is 96.9 Å². The number of halogens is 2. The molecule has 0 aliphatic rings. The van der Waals surface area contributed by atoms with Gasteiger partial charge in [-0.1, -0.05) is 45.7 Å². The molecule has 0 fully saturated rings. The first-order chi connectivity index (χ1) is 15.4. The van der Waals surface area contributed by atoms with Crippen LogP contribution in [-0.2, 0) is 4.79 Å². The molecule has 0 atom stereocenters. The highest BCUT2D eigenvalue weighted by Gasteiger charge is 2.12. The zero-order valence-corrected chi connectivity index (χ0v) is 18.9. The van der Waals surface area contributed by atoms with Crippen LogP contribution in [0.25, 0.3) is 0 Å². The maximum Gasteiger partial charge on any atom is 0.345 e. The molecule has 0 unspecified atom stereocenters. The summed E-state index contributed by atoms with van der Waals surface area (Å²) < 4.78 is 6.06. The molecule has 9 heteroatoms. The average molecular weight is 515 g/mol. The molecule has 0 saturated heterocycles. The van der Waals surface area contributed by atoms with Crippen molar-refractivity contribution < 1.29 is 19.1 Å². The van der Waals surface area contributed by atoms with Crippen LogP contribution in [0.3, 0.4) is 0 Å². The Bertz CT molecular complexity index is 1170. The Morgan fingerprint density at radius 2 is 1.75 bits per heavy atom. The summed E-state index contributed by atoms with van der Waals surface area (Å²) in [7, 11) is 0. The number of hydrogen-bond acceptors (Lipinski definition) is 5. The largest absolute Gasteiger partial charge is 0.423 e. The van der Waals surface area contributed by atoms with E-state index in [1.165, 1.54) is 6.21 Å². The first kappa shape index (κ1) is 23.2. The Labute approximate surface area is 197 Å². The van der Waals surface area contributed by atoms with E-state index >= 15 is 0 Å². The molecular formula is C23H17BrClN3O4. The van der Waals surface area contributed by atoms with Gasteiger partial charge < -0.3 is 10.1 Å². The summed E-state index contributed by atoms with van der Waals surface area (Å²) in [6.45, 7) is -0.223. The summed E-state index contributed by atoms with van der Waals surface area (Å²) in [6.07, 6.45) is 1.42. The van der Waals surface area contributed by atoms with Crippen LogP contribution in [0.2, 0.25) is 5.02 Å². The molecule has 162 valence electrons. The van der Waals surface area contributed by atoms with Crippen molar-refractivity contribution in [2.45, 2.75) is 0 Å². The van der Waals surface area contributed by atoms with Gasteiger partial charge in [-0.25, -0.2) is 10.2 Å². The van der Waals surface area contributed by atoms with Crippen molar-refractivity contribution in [3.63, 3.8) is 0 Å². The quantitative estimate of drug-likeness (QED) is 0.214. The molecule has 3 aromatic carbocycles. The van der Waals surface area contributed by atoms with Crippen LogP contribution >= 0.6 is 27.5 Å². The molecule has 0 aromatic heterocycles. The van der Waals surface area contributed by atoms with Crippen molar-refractivity contribution in [3.8, 4) is 5.75 Å². The minimum atomic E-state index is -0.561. The van der Waals surface area contributed by atoms with E-state index in [0.29, 0.717) is 21.9 Å². The SMILES string of the molecule is O=C(CNC(=O)c1cccc(Br)c1)N/N=C\c1ccc(OC(=O)c2ccccc2Cl)cc1. The Morgan fingerprint density at radius 1 is 1.00 bits per heavy atom. The Hall–Kier alpha value is -3.49. The minimum Gasteiger partial charge on any atom is -0.423 e. The molecule has 3 rings (SSSR count). The predicted molar refractivity (Wildman–Crippen MR) is 125 cm³/mol. The van der Waals surface area contributed by atoms with Gasteiger partial charge in [0, 0.05) is 10.0 Å². The molecule has 32 heavy (non-hydrogen) atoms. The minimum absolute atomic E-state index is 0.223. The Morgan fingerprint density at radius 3 is 2.47 bits per heavy atom. The van der Waals surface area contributed by atoms with Crippen molar-refractivity contribution in [2.75, 3.05) is 6.54 Å². The van der Waals surface area contributed by atoms with Gasteiger partial charge in [-0.3, -0.25) is 9.59 Å². The molecule has 0 saturated carbocycles. The fourth-order valence-corrected chi connectivity index (χ4v) is 3.13. The maximum absolute atomic E-state index is 12.2. The second-order valence-corrected chi connectivity index (χ2v) is 7.75. The zero-order chi connectivity index (χ0) is 22.9. The van der Waals surface area contributed by atoms with E-state index in [1.54, 1.807) is 72.8 Å². The number of rotatable bonds is 7. The molecule has 0 aliphatic carbocycles. The summed E-state index contributed by atoms with van der Waals surface area (Å²) >= 11 is 9.28. The molecular weight excluding hydrogens is 498 g/mol. The smallest absolute Gasteiger partial charge is 0.345 e. The number of carbonyl (C=O) groups is 3. The van der Waals surface area contributed by atoms with Crippen LogP contribution in [0, 0.1) is 0 Å². The third kappa shape index (κ3) is 6.76. The highest BCUT2D eigenvalue weighted by atomic mass is 79.9. The van der Waals surface area contributed by atoms with E-state index in [4.69, 9.17) is 16.3 Å². The van der Waals surface area contributed by atoms with Gasteiger partial charge in [0.25, 0.3) is 11.8 Å². The van der Waals surface area contributed by atoms with E-state index in [1.807, 2.05) is 0 Å². The van der Waals surface area contributed by atoms with Crippen LogP contribution in [0.4, 0.5) is 0 Å². The number of hydrazone groups is 1. The number of ether oxygens (including phenoxy) is 1. The van der Waals surface area contributed by atoms with E-state index in [-0.39, 0.29) is 18.0 Å². The summed E-state index contributed by atoms with van der Waals surface area (Å²) in [5.74, 6) is -1.07. The Balaban J connectivity index is 1.46. The lowest BCUT2D eigenvalue weighted by Gasteiger charge is -2.06. The van der Waals surface area contributed by atoms with Crippen LogP contribution in [0.1, 0.15) is 26.3 Å². The molecule has 7 nitrogen and oxygen atoms in total. The first-order valence-corrected chi connectivity index (χ1v) is 10.5. The summed E-state index contributed by atoms with van der Waals surface area (Å²) in [6, 6.07) is 20.0. The molecule has 2 amide bonds. The lowest BCUT2D eigenvalue weighted by Crippen LogP contribution is -2.34. The fraction of sp³-hybridized carbons (Fsp3) is 0.0435. The number of nitrogens with zero attached hydrogens (tertiary/aromatic N) is 1. The molecule has 2 N–H and O–H groups in total.